The molecule has 0 saturated carbocycles. The molecule has 0 fully saturated rings. The summed E-state index contributed by atoms with van der Waals surface area (Å²) in [5.41, 5.74) is 0.875. The van der Waals surface area contributed by atoms with Crippen LogP contribution < -0.4 is 0 Å². The Morgan fingerprint density at radius 2 is 1.89 bits per heavy atom. The van der Waals surface area contributed by atoms with Gasteiger partial charge >= 0.3 is 0 Å². The average molecular weight is 246 g/mol. The van der Waals surface area contributed by atoms with Crippen molar-refractivity contribution < 1.29 is 19.8 Å². The molecule has 4 nitrogen and oxygen atoms in total. The monoisotopic (exact) mass is 246 g/mol. The van der Waals surface area contributed by atoms with Gasteiger partial charge in [-0.15, -0.1) is 0 Å². The molecule has 0 aliphatic carbocycles. The highest BCUT2D eigenvalue weighted by Crippen LogP contribution is 2.25. The molecule has 0 aliphatic heterocycles. The van der Waals surface area contributed by atoms with Crippen molar-refractivity contribution in [2.24, 2.45) is 0 Å². The number of aliphatic hydroxyl groups excluding tert-OH is 1. The maximum Gasteiger partial charge on any atom is 0.185 e. The lowest BCUT2D eigenvalue weighted by atomic mass is 9.97. The van der Waals surface area contributed by atoms with Crippen LogP contribution in [0.25, 0.3) is 0 Å². The molecular weight excluding hydrogens is 232 g/mol. The van der Waals surface area contributed by atoms with Crippen LogP contribution in [-0.4, -0.2) is 21.8 Å². The summed E-state index contributed by atoms with van der Waals surface area (Å²) >= 11 is 0. The standard InChI is InChI=1S/C14H14O4/c1-3-11(16)7-12-10(8-15)5-9(6-14(12)18)13(17)4-2/h3-6,15,18H,1-2,7-8H2. The van der Waals surface area contributed by atoms with Crippen molar-refractivity contribution in [2.75, 3.05) is 0 Å². The Morgan fingerprint density at radius 3 is 2.39 bits per heavy atom. The highest BCUT2D eigenvalue weighted by atomic mass is 16.3. The lowest BCUT2D eigenvalue weighted by molar-refractivity contribution is -0.114. The number of phenols is 1. The molecule has 0 bridgehead atoms. The fourth-order valence-electron chi connectivity index (χ4n) is 1.57. The first-order chi connectivity index (χ1) is 8.53. The Kier molecular flexibility index (Phi) is 4.57. The van der Waals surface area contributed by atoms with Crippen molar-refractivity contribution in [2.45, 2.75) is 13.0 Å². The normalized spacial score (nSPS) is 9.83. The van der Waals surface area contributed by atoms with Crippen LogP contribution >= 0.6 is 0 Å². The molecule has 0 spiro atoms. The smallest absolute Gasteiger partial charge is 0.185 e. The third-order valence-corrected chi connectivity index (χ3v) is 2.54. The topological polar surface area (TPSA) is 74.6 Å². The molecule has 1 rings (SSSR count). The molecule has 0 radical (unpaired) electrons. The van der Waals surface area contributed by atoms with E-state index in [-0.39, 0.29) is 35.9 Å². The molecule has 0 aliphatic rings. The van der Waals surface area contributed by atoms with Crippen molar-refractivity contribution in [3.63, 3.8) is 0 Å². The van der Waals surface area contributed by atoms with E-state index in [0.717, 1.165) is 12.2 Å². The molecule has 4 heteroatoms. The first-order valence-electron chi connectivity index (χ1n) is 5.31. The third-order valence-electron chi connectivity index (χ3n) is 2.54. The van der Waals surface area contributed by atoms with Crippen LogP contribution in [0, 0.1) is 0 Å². The van der Waals surface area contributed by atoms with Crippen molar-refractivity contribution in [1.82, 2.24) is 0 Å². The summed E-state index contributed by atoms with van der Waals surface area (Å²) in [5, 5.41) is 19.0. The van der Waals surface area contributed by atoms with Gasteiger partial charge in [-0.25, -0.2) is 0 Å². The number of allylic oxidation sites excluding steroid dienone is 2. The number of ketones is 2. The van der Waals surface area contributed by atoms with Gasteiger partial charge in [0.25, 0.3) is 0 Å². The number of rotatable bonds is 6. The van der Waals surface area contributed by atoms with Gasteiger partial charge in [0.15, 0.2) is 11.6 Å². The first kappa shape index (κ1) is 13.9. The number of hydrogen-bond donors (Lipinski definition) is 2. The minimum absolute atomic E-state index is 0.0617. The van der Waals surface area contributed by atoms with Crippen LogP contribution in [-0.2, 0) is 17.8 Å². The first-order valence-corrected chi connectivity index (χ1v) is 5.31. The summed E-state index contributed by atoms with van der Waals surface area (Å²) in [4.78, 5) is 22.7. The molecule has 18 heavy (non-hydrogen) atoms. The second kappa shape index (κ2) is 5.93. The quantitative estimate of drug-likeness (QED) is 0.590. The minimum atomic E-state index is -0.369. The Labute approximate surface area is 105 Å². The summed E-state index contributed by atoms with van der Waals surface area (Å²) in [6, 6.07) is 2.70. The molecule has 0 aromatic heterocycles. The fraction of sp³-hybridized carbons (Fsp3) is 0.143. The predicted molar refractivity (Wildman–Crippen MR) is 67.5 cm³/mol. The van der Waals surface area contributed by atoms with E-state index in [0.29, 0.717) is 11.1 Å². The average Bonchev–Trinajstić information content (AvgIpc) is 2.39. The number of carbonyl (C=O) groups excluding carboxylic acids is 2. The third kappa shape index (κ3) is 2.93. The molecule has 2 N–H and O–H groups in total. The predicted octanol–water partition coefficient (Wildman–Crippen LogP) is 1.55. The second-order valence-corrected chi connectivity index (χ2v) is 3.71. The van der Waals surface area contributed by atoms with Crippen molar-refractivity contribution >= 4 is 11.6 Å². The van der Waals surface area contributed by atoms with Gasteiger partial charge in [-0.3, -0.25) is 9.59 Å². The van der Waals surface area contributed by atoms with Gasteiger partial charge in [-0.05, 0) is 29.8 Å². The van der Waals surface area contributed by atoms with Crippen LogP contribution in [0.3, 0.4) is 0 Å². The van der Waals surface area contributed by atoms with Gasteiger partial charge in [-0.1, -0.05) is 13.2 Å². The maximum absolute atomic E-state index is 11.4. The SMILES string of the molecule is C=CC(=O)Cc1c(O)cc(C(=O)C=C)cc1CO. The molecule has 94 valence electrons. The molecular formula is C14H14O4. The second-order valence-electron chi connectivity index (χ2n) is 3.71. The zero-order valence-electron chi connectivity index (χ0n) is 9.85. The van der Waals surface area contributed by atoms with Crippen molar-refractivity contribution in [1.29, 1.82) is 0 Å². The van der Waals surface area contributed by atoms with E-state index in [1.54, 1.807) is 0 Å². The maximum atomic E-state index is 11.4. The van der Waals surface area contributed by atoms with E-state index >= 15 is 0 Å². The number of carbonyl (C=O) groups is 2. The van der Waals surface area contributed by atoms with E-state index < -0.39 is 0 Å². The van der Waals surface area contributed by atoms with Crippen LogP contribution in [0.15, 0.2) is 37.4 Å². The van der Waals surface area contributed by atoms with Gasteiger partial charge in [0.05, 0.1) is 6.61 Å². The van der Waals surface area contributed by atoms with Gasteiger partial charge in [0.1, 0.15) is 5.75 Å². The number of aliphatic hydroxyl groups is 1. The van der Waals surface area contributed by atoms with E-state index in [2.05, 4.69) is 13.2 Å². The minimum Gasteiger partial charge on any atom is -0.508 e. The van der Waals surface area contributed by atoms with E-state index in [1.807, 2.05) is 0 Å². The Morgan fingerprint density at radius 1 is 1.22 bits per heavy atom. The van der Waals surface area contributed by atoms with Gasteiger partial charge in [0, 0.05) is 17.5 Å². The Hall–Kier alpha value is -2.20. The number of phenolic OH excluding ortho intramolecular Hbond substituents is 1. The molecule has 1 aromatic rings. The van der Waals surface area contributed by atoms with Crippen LogP contribution in [0.2, 0.25) is 0 Å². The van der Waals surface area contributed by atoms with E-state index in [1.165, 1.54) is 12.1 Å². The van der Waals surface area contributed by atoms with E-state index in [9.17, 15) is 19.8 Å². The summed E-state index contributed by atoms with van der Waals surface area (Å²) in [6.07, 6.45) is 2.20. The Bertz CT molecular complexity index is 515. The van der Waals surface area contributed by atoms with Crippen molar-refractivity contribution in [3.8, 4) is 5.75 Å². The summed E-state index contributed by atoms with van der Waals surface area (Å²) in [6.45, 7) is 6.32. The highest BCUT2D eigenvalue weighted by Gasteiger charge is 2.14. The lowest BCUT2D eigenvalue weighted by Gasteiger charge is -2.10. The largest absolute Gasteiger partial charge is 0.508 e. The summed E-state index contributed by atoms with van der Waals surface area (Å²) < 4.78 is 0. The molecule has 0 amide bonds. The molecule has 0 unspecified atom stereocenters. The lowest BCUT2D eigenvalue weighted by Crippen LogP contribution is -2.05. The zero-order chi connectivity index (χ0) is 13.7. The summed E-state index contributed by atoms with van der Waals surface area (Å²) in [7, 11) is 0. The number of aromatic hydroxyl groups is 1. The van der Waals surface area contributed by atoms with Gasteiger partial charge in [-0.2, -0.15) is 0 Å². The van der Waals surface area contributed by atoms with Crippen LogP contribution in [0.1, 0.15) is 21.5 Å². The van der Waals surface area contributed by atoms with Crippen LogP contribution in [0.4, 0.5) is 0 Å². The molecule has 0 atom stereocenters. The zero-order valence-corrected chi connectivity index (χ0v) is 9.85. The van der Waals surface area contributed by atoms with E-state index in [4.69, 9.17) is 0 Å². The Balaban J connectivity index is 3.27. The van der Waals surface area contributed by atoms with Crippen molar-refractivity contribution in [3.05, 3.63) is 54.1 Å². The molecule has 0 saturated heterocycles. The fourth-order valence-corrected chi connectivity index (χ4v) is 1.57. The van der Waals surface area contributed by atoms with Gasteiger partial charge < -0.3 is 10.2 Å². The highest BCUT2D eigenvalue weighted by molar-refractivity contribution is 6.04. The molecule has 0 heterocycles. The number of hydrogen-bond acceptors (Lipinski definition) is 4. The number of benzene rings is 1. The molecule has 1 aromatic carbocycles. The van der Waals surface area contributed by atoms with Gasteiger partial charge in [0.2, 0.25) is 0 Å². The summed E-state index contributed by atoms with van der Waals surface area (Å²) in [5.74, 6) is -0.827. The van der Waals surface area contributed by atoms with Crippen LogP contribution in [0.5, 0.6) is 5.75 Å².